The van der Waals surface area contributed by atoms with Gasteiger partial charge in [0, 0.05) is 6.42 Å². The number of nitrogens with one attached hydrogen (secondary N) is 2. The molecular weight excluding hydrogens is 160 g/mol. The summed E-state index contributed by atoms with van der Waals surface area (Å²) >= 11 is 0. The minimum atomic E-state index is -0.0641. The third-order valence-corrected chi connectivity index (χ3v) is 2.30. The van der Waals surface area contributed by atoms with Gasteiger partial charge in [0.15, 0.2) is 0 Å². The zero-order chi connectivity index (χ0) is 9.31. The van der Waals surface area contributed by atoms with E-state index in [9.17, 15) is 0 Å². The summed E-state index contributed by atoms with van der Waals surface area (Å²) in [6.07, 6.45) is 2.83. The van der Waals surface area contributed by atoms with E-state index in [1.807, 2.05) is 18.2 Å². The first kappa shape index (κ1) is 8.17. The van der Waals surface area contributed by atoms with Gasteiger partial charge in [0.05, 0.1) is 11.4 Å². The smallest absolute Gasteiger partial charge is 0.108 e. The molecule has 2 rings (SSSR count). The molecule has 1 aromatic rings. The van der Waals surface area contributed by atoms with Crippen LogP contribution in [0.5, 0.6) is 0 Å². The second-order valence-corrected chi connectivity index (χ2v) is 3.62. The topological polar surface area (TPSA) is 24.1 Å². The first-order chi connectivity index (χ1) is 6.23. The van der Waals surface area contributed by atoms with E-state index >= 15 is 0 Å². The molecule has 0 atom stereocenters. The summed E-state index contributed by atoms with van der Waals surface area (Å²) in [5.41, 5.74) is 2.28. The molecule has 0 aliphatic carbocycles. The number of para-hydroxylation sites is 2. The fourth-order valence-electron chi connectivity index (χ4n) is 1.72. The normalized spacial score (nSPS) is 17.0. The van der Waals surface area contributed by atoms with Gasteiger partial charge in [0.2, 0.25) is 0 Å². The van der Waals surface area contributed by atoms with Crippen molar-refractivity contribution in [1.29, 1.82) is 0 Å². The molecule has 0 spiro atoms. The highest BCUT2D eigenvalue weighted by Crippen LogP contribution is 2.34. The predicted molar refractivity (Wildman–Crippen MR) is 56.9 cm³/mol. The van der Waals surface area contributed by atoms with Crippen molar-refractivity contribution in [3.8, 4) is 0 Å². The Morgan fingerprint density at radius 2 is 1.85 bits per heavy atom. The summed E-state index contributed by atoms with van der Waals surface area (Å²) in [5, 5.41) is 6.86. The number of fused-ring (bicyclic) bond motifs is 1. The summed E-state index contributed by atoms with van der Waals surface area (Å²) in [6, 6.07) is 8.23. The average Bonchev–Trinajstić information content (AvgIpc) is 2.40. The van der Waals surface area contributed by atoms with Crippen LogP contribution in [-0.4, -0.2) is 5.66 Å². The molecule has 2 N–H and O–H groups in total. The van der Waals surface area contributed by atoms with Gasteiger partial charge in [0.1, 0.15) is 5.66 Å². The molecule has 0 amide bonds. The van der Waals surface area contributed by atoms with Gasteiger partial charge < -0.3 is 10.6 Å². The monoisotopic (exact) mass is 174 g/mol. The molecule has 1 heterocycles. The molecule has 0 unspecified atom stereocenters. The first-order valence-electron chi connectivity index (χ1n) is 4.50. The van der Waals surface area contributed by atoms with Crippen molar-refractivity contribution in [2.45, 2.75) is 19.0 Å². The molecule has 0 fully saturated rings. The van der Waals surface area contributed by atoms with Crippen LogP contribution in [-0.2, 0) is 0 Å². The van der Waals surface area contributed by atoms with Crippen LogP contribution < -0.4 is 10.6 Å². The molecule has 2 nitrogen and oxygen atoms in total. The van der Waals surface area contributed by atoms with Crippen LogP contribution in [0.2, 0.25) is 0 Å². The van der Waals surface area contributed by atoms with Crippen LogP contribution >= 0.6 is 0 Å². The van der Waals surface area contributed by atoms with Crippen LogP contribution in [0.15, 0.2) is 36.9 Å². The molecule has 1 aliphatic rings. The van der Waals surface area contributed by atoms with Crippen LogP contribution in [0.25, 0.3) is 0 Å². The maximum atomic E-state index is 3.75. The van der Waals surface area contributed by atoms with E-state index in [-0.39, 0.29) is 5.66 Å². The van der Waals surface area contributed by atoms with Crippen LogP contribution in [0.1, 0.15) is 13.3 Å². The molecule has 13 heavy (non-hydrogen) atoms. The standard InChI is InChI=1S/C11H14N2/c1-3-8-11(2)12-9-6-4-5-7-10(9)13-11/h3-7,12-13H,1,8H2,2H3. The van der Waals surface area contributed by atoms with Crippen molar-refractivity contribution in [2.24, 2.45) is 0 Å². The lowest BCUT2D eigenvalue weighted by molar-refractivity contribution is 0.613. The molecule has 1 aliphatic heterocycles. The lowest BCUT2D eigenvalue weighted by Crippen LogP contribution is -2.37. The van der Waals surface area contributed by atoms with Crippen molar-refractivity contribution in [1.82, 2.24) is 0 Å². The van der Waals surface area contributed by atoms with E-state index < -0.39 is 0 Å². The van der Waals surface area contributed by atoms with E-state index in [2.05, 4.69) is 36.3 Å². The quantitative estimate of drug-likeness (QED) is 0.674. The molecule has 68 valence electrons. The maximum absolute atomic E-state index is 3.75. The highest BCUT2D eigenvalue weighted by atomic mass is 15.2. The van der Waals surface area contributed by atoms with Crippen LogP contribution in [0, 0.1) is 0 Å². The number of anilines is 2. The molecule has 2 heteroatoms. The van der Waals surface area contributed by atoms with Gasteiger partial charge in [-0.05, 0) is 19.1 Å². The van der Waals surface area contributed by atoms with Gasteiger partial charge in [-0.2, -0.15) is 0 Å². The summed E-state index contributed by atoms with van der Waals surface area (Å²) in [7, 11) is 0. The molecule has 1 aromatic carbocycles. The Balaban J connectivity index is 2.26. The average molecular weight is 174 g/mol. The van der Waals surface area contributed by atoms with E-state index in [0.717, 1.165) is 6.42 Å². The molecular formula is C11H14N2. The zero-order valence-electron chi connectivity index (χ0n) is 7.80. The third kappa shape index (κ3) is 1.39. The zero-order valence-corrected chi connectivity index (χ0v) is 7.80. The Morgan fingerprint density at radius 1 is 1.31 bits per heavy atom. The SMILES string of the molecule is C=CCC1(C)Nc2ccccc2N1. The fourth-order valence-corrected chi connectivity index (χ4v) is 1.72. The molecule has 0 radical (unpaired) electrons. The van der Waals surface area contributed by atoms with Crippen LogP contribution in [0.3, 0.4) is 0 Å². The lowest BCUT2D eigenvalue weighted by Gasteiger charge is -2.24. The largest absolute Gasteiger partial charge is 0.361 e. The predicted octanol–water partition coefficient (Wildman–Crippen LogP) is 2.82. The van der Waals surface area contributed by atoms with Crippen molar-refractivity contribution < 1.29 is 0 Å². The van der Waals surface area contributed by atoms with Gasteiger partial charge in [-0.25, -0.2) is 0 Å². The summed E-state index contributed by atoms with van der Waals surface area (Å²) < 4.78 is 0. The second kappa shape index (κ2) is 2.80. The minimum absolute atomic E-state index is 0.0641. The Bertz CT molecular complexity index is 306. The summed E-state index contributed by atoms with van der Waals surface area (Å²) in [4.78, 5) is 0. The van der Waals surface area contributed by atoms with E-state index in [4.69, 9.17) is 0 Å². The highest BCUT2D eigenvalue weighted by Gasteiger charge is 2.29. The lowest BCUT2D eigenvalue weighted by atomic mass is 10.1. The Kier molecular flexibility index (Phi) is 1.76. The van der Waals surface area contributed by atoms with Gasteiger partial charge in [-0.3, -0.25) is 0 Å². The Labute approximate surface area is 78.7 Å². The molecule has 0 aromatic heterocycles. The highest BCUT2D eigenvalue weighted by molar-refractivity contribution is 5.75. The van der Waals surface area contributed by atoms with Gasteiger partial charge in [0.25, 0.3) is 0 Å². The first-order valence-corrected chi connectivity index (χ1v) is 4.50. The number of benzene rings is 1. The minimum Gasteiger partial charge on any atom is -0.361 e. The number of rotatable bonds is 2. The second-order valence-electron chi connectivity index (χ2n) is 3.62. The van der Waals surface area contributed by atoms with E-state index in [1.165, 1.54) is 11.4 Å². The summed E-state index contributed by atoms with van der Waals surface area (Å²) in [5.74, 6) is 0. The van der Waals surface area contributed by atoms with Crippen LogP contribution in [0.4, 0.5) is 11.4 Å². The number of hydrogen-bond donors (Lipinski definition) is 2. The number of hydrogen-bond acceptors (Lipinski definition) is 2. The molecule has 0 saturated carbocycles. The van der Waals surface area contributed by atoms with Gasteiger partial charge >= 0.3 is 0 Å². The molecule has 0 saturated heterocycles. The van der Waals surface area contributed by atoms with Crippen molar-refractivity contribution >= 4 is 11.4 Å². The Hall–Kier alpha value is -1.44. The van der Waals surface area contributed by atoms with Crippen molar-refractivity contribution in [3.05, 3.63) is 36.9 Å². The maximum Gasteiger partial charge on any atom is 0.108 e. The third-order valence-electron chi connectivity index (χ3n) is 2.30. The summed E-state index contributed by atoms with van der Waals surface area (Å²) in [6.45, 7) is 5.89. The van der Waals surface area contributed by atoms with Crippen molar-refractivity contribution in [2.75, 3.05) is 10.6 Å². The Morgan fingerprint density at radius 3 is 2.31 bits per heavy atom. The van der Waals surface area contributed by atoms with Gasteiger partial charge in [-0.15, -0.1) is 6.58 Å². The fraction of sp³-hybridized carbons (Fsp3) is 0.273. The van der Waals surface area contributed by atoms with Gasteiger partial charge in [-0.1, -0.05) is 18.2 Å². The van der Waals surface area contributed by atoms with E-state index in [1.54, 1.807) is 0 Å². The van der Waals surface area contributed by atoms with Crippen molar-refractivity contribution in [3.63, 3.8) is 0 Å². The van der Waals surface area contributed by atoms with E-state index in [0.29, 0.717) is 0 Å². The molecule has 0 bridgehead atoms.